The van der Waals surface area contributed by atoms with Crippen molar-refractivity contribution < 1.29 is 0 Å². The summed E-state index contributed by atoms with van der Waals surface area (Å²) in [5.74, 6) is 0. The molecule has 0 saturated carbocycles. The standard InChI is InChI=1S/C36H30N3P/c1-7-19-31(20-8-1)37(32-21-9-2-10-22-32)40(38(33-23-11-3-12-24-33)34-25-13-4-14-26-34)39(35-27-15-5-16-28-35)36-29-17-6-18-30-36/h1-30H. The highest BCUT2D eigenvalue weighted by Gasteiger charge is 2.36. The number of benzene rings is 6. The molecule has 0 bridgehead atoms. The number of anilines is 6. The third kappa shape index (κ3) is 5.47. The van der Waals surface area contributed by atoms with E-state index in [2.05, 4.69) is 196 Å². The van der Waals surface area contributed by atoms with E-state index in [0.29, 0.717) is 0 Å². The second-order valence-corrected chi connectivity index (χ2v) is 11.0. The van der Waals surface area contributed by atoms with Gasteiger partial charge in [0.15, 0.2) is 0 Å². The van der Waals surface area contributed by atoms with Crippen LogP contribution < -0.4 is 14.0 Å². The van der Waals surface area contributed by atoms with Crippen molar-refractivity contribution >= 4 is 42.5 Å². The van der Waals surface area contributed by atoms with E-state index in [4.69, 9.17) is 0 Å². The maximum absolute atomic E-state index is 2.48. The summed E-state index contributed by atoms with van der Waals surface area (Å²) in [5, 5.41) is 0. The summed E-state index contributed by atoms with van der Waals surface area (Å²) in [7, 11) is -1.31. The number of nitrogens with zero attached hydrogens (tertiary/aromatic N) is 3. The SMILES string of the molecule is c1ccc(N(c2ccccc2)P(N(c2ccccc2)c2ccccc2)N(c2ccccc2)c2ccccc2)cc1. The van der Waals surface area contributed by atoms with Gasteiger partial charge in [-0.1, -0.05) is 109 Å². The molecule has 194 valence electrons. The average molecular weight is 536 g/mol. The van der Waals surface area contributed by atoms with E-state index >= 15 is 0 Å². The minimum Gasteiger partial charge on any atom is -0.285 e. The van der Waals surface area contributed by atoms with Crippen LogP contribution >= 0.6 is 8.37 Å². The second-order valence-electron chi connectivity index (χ2n) is 9.22. The van der Waals surface area contributed by atoms with Crippen LogP contribution in [0.3, 0.4) is 0 Å². The molecule has 0 spiro atoms. The monoisotopic (exact) mass is 535 g/mol. The number of hydrogen-bond donors (Lipinski definition) is 0. The third-order valence-corrected chi connectivity index (χ3v) is 9.00. The van der Waals surface area contributed by atoms with Crippen LogP contribution in [0.4, 0.5) is 34.1 Å². The van der Waals surface area contributed by atoms with Gasteiger partial charge in [0, 0.05) is 34.1 Å². The van der Waals surface area contributed by atoms with Gasteiger partial charge in [-0.15, -0.1) is 0 Å². The van der Waals surface area contributed by atoms with E-state index in [0.717, 1.165) is 34.1 Å². The van der Waals surface area contributed by atoms with Gasteiger partial charge in [-0.3, -0.25) is 14.0 Å². The molecule has 6 rings (SSSR count). The third-order valence-electron chi connectivity index (χ3n) is 6.54. The van der Waals surface area contributed by atoms with Crippen LogP contribution in [-0.4, -0.2) is 0 Å². The Hall–Kier alpha value is -4.85. The molecule has 0 unspecified atom stereocenters. The summed E-state index contributed by atoms with van der Waals surface area (Å²) >= 11 is 0. The predicted octanol–water partition coefficient (Wildman–Crippen LogP) is 10.7. The van der Waals surface area contributed by atoms with Gasteiger partial charge in [0.05, 0.1) is 0 Å². The summed E-state index contributed by atoms with van der Waals surface area (Å²) in [6.07, 6.45) is 0. The Morgan fingerprint density at radius 3 is 0.525 bits per heavy atom. The molecule has 4 heteroatoms. The average Bonchev–Trinajstić information content (AvgIpc) is 3.04. The first kappa shape index (κ1) is 25.4. The van der Waals surface area contributed by atoms with Crippen LogP contribution in [0, 0.1) is 0 Å². The fourth-order valence-electron chi connectivity index (χ4n) is 4.75. The van der Waals surface area contributed by atoms with Gasteiger partial charge in [-0.25, -0.2) is 0 Å². The molecule has 0 aliphatic carbocycles. The highest BCUT2D eigenvalue weighted by atomic mass is 31.2. The van der Waals surface area contributed by atoms with Gasteiger partial charge in [-0.2, -0.15) is 0 Å². The number of para-hydroxylation sites is 6. The maximum Gasteiger partial charge on any atom is 0.222 e. The molecule has 40 heavy (non-hydrogen) atoms. The highest BCUT2D eigenvalue weighted by Crippen LogP contribution is 2.62. The molecular weight excluding hydrogens is 505 g/mol. The lowest BCUT2D eigenvalue weighted by molar-refractivity contribution is 1.27. The molecule has 0 radical (unpaired) electrons. The Morgan fingerprint density at radius 1 is 0.225 bits per heavy atom. The van der Waals surface area contributed by atoms with E-state index in [9.17, 15) is 0 Å². The van der Waals surface area contributed by atoms with E-state index in [-0.39, 0.29) is 0 Å². The Bertz CT molecular complexity index is 1270. The van der Waals surface area contributed by atoms with Crippen LogP contribution in [0.1, 0.15) is 0 Å². The van der Waals surface area contributed by atoms with Gasteiger partial charge in [0.25, 0.3) is 0 Å². The van der Waals surface area contributed by atoms with Crippen molar-refractivity contribution in [1.82, 2.24) is 0 Å². The lowest BCUT2D eigenvalue weighted by atomic mass is 10.2. The molecule has 0 aliphatic heterocycles. The summed E-state index contributed by atoms with van der Waals surface area (Å²) in [6.45, 7) is 0. The first-order valence-electron chi connectivity index (χ1n) is 13.4. The quantitative estimate of drug-likeness (QED) is 0.171. The Morgan fingerprint density at radius 2 is 0.375 bits per heavy atom. The molecule has 0 heterocycles. The fourth-order valence-corrected chi connectivity index (χ4v) is 7.33. The molecule has 0 amide bonds. The van der Waals surface area contributed by atoms with E-state index in [1.54, 1.807) is 0 Å². The van der Waals surface area contributed by atoms with Crippen molar-refractivity contribution in [3.63, 3.8) is 0 Å². The van der Waals surface area contributed by atoms with Crippen molar-refractivity contribution in [2.75, 3.05) is 14.0 Å². The maximum atomic E-state index is 2.48. The largest absolute Gasteiger partial charge is 0.285 e. The molecule has 0 aliphatic rings. The van der Waals surface area contributed by atoms with E-state index in [1.165, 1.54) is 0 Å². The normalized spacial score (nSPS) is 10.7. The van der Waals surface area contributed by atoms with Crippen molar-refractivity contribution in [3.05, 3.63) is 182 Å². The molecule has 0 aromatic heterocycles. The van der Waals surface area contributed by atoms with Crippen LogP contribution in [0.2, 0.25) is 0 Å². The van der Waals surface area contributed by atoms with Crippen LogP contribution in [0.15, 0.2) is 182 Å². The van der Waals surface area contributed by atoms with Crippen LogP contribution in [-0.2, 0) is 0 Å². The van der Waals surface area contributed by atoms with Gasteiger partial charge in [0.1, 0.15) is 0 Å². The molecule has 0 saturated heterocycles. The minimum atomic E-state index is -1.31. The van der Waals surface area contributed by atoms with Crippen molar-refractivity contribution in [2.24, 2.45) is 0 Å². The lowest BCUT2D eigenvalue weighted by Crippen LogP contribution is -2.32. The fraction of sp³-hybridized carbons (Fsp3) is 0. The molecule has 0 atom stereocenters. The van der Waals surface area contributed by atoms with Crippen LogP contribution in [0.5, 0.6) is 0 Å². The van der Waals surface area contributed by atoms with Crippen LogP contribution in [0.25, 0.3) is 0 Å². The summed E-state index contributed by atoms with van der Waals surface area (Å²) < 4.78 is 7.44. The van der Waals surface area contributed by atoms with Crippen molar-refractivity contribution in [2.45, 2.75) is 0 Å². The van der Waals surface area contributed by atoms with Gasteiger partial charge in [-0.05, 0) is 72.8 Å². The van der Waals surface area contributed by atoms with Gasteiger partial charge in [0.2, 0.25) is 8.37 Å². The van der Waals surface area contributed by atoms with E-state index in [1.807, 2.05) is 0 Å². The van der Waals surface area contributed by atoms with E-state index < -0.39 is 8.37 Å². The smallest absolute Gasteiger partial charge is 0.222 e. The molecule has 0 N–H and O–H groups in total. The number of hydrogen-bond acceptors (Lipinski definition) is 3. The molecule has 0 fully saturated rings. The first-order valence-corrected chi connectivity index (χ1v) is 14.6. The lowest BCUT2D eigenvalue weighted by Gasteiger charge is -2.47. The van der Waals surface area contributed by atoms with Gasteiger partial charge >= 0.3 is 0 Å². The number of rotatable bonds is 9. The molecule has 3 nitrogen and oxygen atoms in total. The molecule has 6 aromatic carbocycles. The molecule has 6 aromatic rings. The zero-order valence-corrected chi connectivity index (χ0v) is 23.0. The summed E-state index contributed by atoms with van der Waals surface area (Å²) in [6, 6.07) is 64.2. The van der Waals surface area contributed by atoms with Gasteiger partial charge < -0.3 is 0 Å². The Balaban J connectivity index is 1.69. The Kier molecular flexibility index (Phi) is 7.84. The van der Waals surface area contributed by atoms with Crippen molar-refractivity contribution in [1.29, 1.82) is 0 Å². The highest BCUT2D eigenvalue weighted by molar-refractivity contribution is 7.64. The van der Waals surface area contributed by atoms with Crippen molar-refractivity contribution in [3.8, 4) is 0 Å². The summed E-state index contributed by atoms with van der Waals surface area (Å²) in [5.41, 5.74) is 6.71. The summed E-state index contributed by atoms with van der Waals surface area (Å²) in [4.78, 5) is 0. The molecular formula is C36H30N3P. The minimum absolute atomic E-state index is 1.12. The second kappa shape index (κ2) is 12.3. The topological polar surface area (TPSA) is 9.72 Å². The zero-order valence-electron chi connectivity index (χ0n) is 22.1. The zero-order chi connectivity index (χ0) is 27.0. The Labute approximate surface area is 238 Å². The first-order chi connectivity index (χ1) is 19.9. The predicted molar refractivity (Wildman–Crippen MR) is 172 cm³/mol.